The Bertz CT molecular complexity index is 1200. The minimum absolute atomic E-state index is 0.0258. The second kappa shape index (κ2) is 8.48. The molecule has 1 fully saturated rings. The molecule has 1 aromatic heterocycles. The Kier molecular flexibility index (Phi) is 5.50. The first-order chi connectivity index (χ1) is 16.0. The van der Waals surface area contributed by atoms with Crippen LogP contribution in [-0.4, -0.2) is 52.2 Å². The molecule has 7 nitrogen and oxygen atoms in total. The minimum Gasteiger partial charge on any atom is -0.353 e. The lowest BCUT2D eigenvalue weighted by atomic mass is 10.00. The Balaban J connectivity index is 1.46. The van der Waals surface area contributed by atoms with Crippen LogP contribution in [0.2, 0.25) is 0 Å². The highest BCUT2D eigenvalue weighted by Crippen LogP contribution is 2.34. The third-order valence-electron chi connectivity index (χ3n) is 6.75. The summed E-state index contributed by atoms with van der Waals surface area (Å²) in [6, 6.07) is 17.5. The smallest absolute Gasteiger partial charge is 0.242 e. The quantitative estimate of drug-likeness (QED) is 0.673. The van der Waals surface area contributed by atoms with Crippen LogP contribution in [0.25, 0.3) is 5.69 Å². The summed E-state index contributed by atoms with van der Waals surface area (Å²) in [5, 5.41) is 7.73. The molecule has 5 rings (SSSR count). The van der Waals surface area contributed by atoms with Crippen molar-refractivity contribution in [2.45, 2.75) is 39.3 Å². The van der Waals surface area contributed by atoms with Crippen LogP contribution < -0.4 is 10.2 Å². The number of fused-ring (bicyclic) bond motifs is 1. The van der Waals surface area contributed by atoms with E-state index in [4.69, 9.17) is 5.10 Å². The molecule has 2 aliphatic heterocycles. The summed E-state index contributed by atoms with van der Waals surface area (Å²) >= 11 is 0. The van der Waals surface area contributed by atoms with Gasteiger partial charge in [0.05, 0.1) is 17.9 Å². The van der Waals surface area contributed by atoms with Gasteiger partial charge in [-0.25, -0.2) is 4.68 Å². The lowest BCUT2D eigenvalue weighted by Crippen LogP contribution is -2.53. The van der Waals surface area contributed by atoms with Gasteiger partial charge in [0.2, 0.25) is 11.8 Å². The lowest BCUT2D eigenvalue weighted by Gasteiger charge is -2.36. The van der Waals surface area contributed by atoms with Crippen molar-refractivity contribution >= 4 is 17.5 Å². The largest absolute Gasteiger partial charge is 0.353 e. The number of piperazine rings is 1. The Morgan fingerprint density at radius 1 is 1.09 bits per heavy atom. The van der Waals surface area contributed by atoms with Crippen molar-refractivity contribution in [1.29, 1.82) is 0 Å². The maximum atomic E-state index is 13.5. The maximum absolute atomic E-state index is 13.5. The molecule has 1 saturated heterocycles. The van der Waals surface area contributed by atoms with Gasteiger partial charge in [0.15, 0.2) is 0 Å². The van der Waals surface area contributed by atoms with Crippen molar-refractivity contribution in [3.8, 4) is 5.69 Å². The van der Waals surface area contributed by atoms with E-state index in [1.165, 1.54) is 5.56 Å². The zero-order valence-corrected chi connectivity index (χ0v) is 19.3. The zero-order chi connectivity index (χ0) is 23.1. The monoisotopic (exact) mass is 443 g/mol. The van der Waals surface area contributed by atoms with E-state index in [-0.39, 0.29) is 24.4 Å². The van der Waals surface area contributed by atoms with Gasteiger partial charge in [-0.15, -0.1) is 0 Å². The molecule has 2 aromatic carbocycles. The Labute approximate surface area is 194 Å². The number of nitrogens with zero attached hydrogens (tertiary/aromatic N) is 4. The minimum atomic E-state index is -0.548. The topological polar surface area (TPSA) is 70.5 Å². The highest BCUT2D eigenvalue weighted by molar-refractivity contribution is 5.98. The first-order valence-electron chi connectivity index (χ1n) is 11.5. The molecule has 2 atom stereocenters. The third-order valence-corrected chi connectivity index (χ3v) is 6.75. The molecule has 2 amide bonds. The van der Waals surface area contributed by atoms with Gasteiger partial charge < -0.3 is 10.2 Å². The van der Waals surface area contributed by atoms with Crippen LogP contribution in [0.1, 0.15) is 35.5 Å². The maximum Gasteiger partial charge on any atom is 0.242 e. The van der Waals surface area contributed by atoms with Crippen molar-refractivity contribution in [3.63, 3.8) is 0 Å². The Morgan fingerprint density at radius 2 is 1.82 bits per heavy atom. The summed E-state index contributed by atoms with van der Waals surface area (Å²) < 4.78 is 1.88. The molecule has 2 aliphatic rings. The van der Waals surface area contributed by atoms with Crippen LogP contribution in [0.3, 0.4) is 0 Å². The molecule has 0 aliphatic carbocycles. The van der Waals surface area contributed by atoms with E-state index in [0.717, 1.165) is 34.7 Å². The van der Waals surface area contributed by atoms with Gasteiger partial charge in [-0.2, -0.15) is 5.10 Å². The second-order valence-electron chi connectivity index (χ2n) is 8.94. The summed E-state index contributed by atoms with van der Waals surface area (Å²) in [6.45, 7) is 7.33. The average Bonchev–Trinajstić information content (AvgIpc) is 3.30. The molecule has 7 heteroatoms. The van der Waals surface area contributed by atoms with Crippen molar-refractivity contribution in [2.24, 2.45) is 0 Å². The first-order valence-corrected chi connectivity index (χ1v) is 11.5. The van der Waals surface area contributed by atoms with Crippen LogP contribution in [0.4, 0.5) is 5.69 Å². The lowest BCUT2D eigenvalue weighted by molar-refractivity contribution is -0.131. The standard InChI is InChI=1S/C26H29N5O2/c1-17-15-20-9-7-8-12-22(20)30(17)23(32)16-29-14-13-27-26(33)25(29)24-18(2)28-31(19(24)3)21-10-5-4-6-11-21/h4-12,17,25H,13-16H2,1-3H3,(H,27,33)/t17-,25+/m1/s1. The van der Waals surface area contributed by atoms with Gasteiger partial charge in [-0.1, -0.05) is 36.4 Å². The normalized spacial score (nSPS) is 20.6. The average molecular weight is 444 g/mol. The first kappa shape index (κ1) is 21.4. The SMILES string of the molecule is Cc1nn(-c2ccccc2)c(C)c1[C@H]1C(=O)NCCN1CC(=O)N1c2ccccc2C[C@H]1C. The number of nitrogens with one attached hydrogen (secondary N) is 1. The van der Waals surface area contributed by atoms with Gasteiger partial charge in [-0.3, -0.25) is 14.5 Å². The molecular formula is C26H29N5O2. The molecule has 0 spiro atoms. The van der Waals surface area contributed by atoms with Crippen LogP contribution in [-0.2, 0) is 16.0 Å². The predicted octanol–water partition coefficient (Wildman–Crippen LogP) is 2.94. The summed E-state index contributed by atoms with van der Waals surface area (Å²) in [4.78, 5) is 30.5. The Hall–Kier alpha value is -3.45. The highest BCUT2D eigenvalue weighted by Gasteiger charge is 2.38. The fourth-order valence-electron chi connectivity index (χ4n) is 5.26. The van der Waals surface area contributed by atoms with Crippen LogP contribution in [0.15, 0.2) is 54.6 Å². The molecule has 0 radical (unpaired) electrons. The molecule has 0 bridgehead atoms. The molecule has 0 unspecified atom stereocenters. The fourth-order valence-corrected chi connectivity index (χ4v) is 5.26. The summed E-state index contributed by atoms with van der Waals surface area (Å²) in [5.74, 6) is -0.0550. The number of anilines is 1. The molecule has 3 aromatic rings. The molecule has 33 heavy (non-hydrogen) atoms. The van der Waals surface area contributed by atoms with Gasteiger partial charge >= 0.3 is 0 Å². The Morgan fingerprint density at radius 3 is 2.61 bits per heavy atom. The van der Waals surface area contributed by atoms with Gasteiger partial charge in [0, 0.05) is 36.1 Å². The van der Waals surface area contributed by atoms with Crippen molar-refractivity contribution < 1.29 is 9.59 Å². The van der Waals surface area contributed by atoms with Crippen molar-refractivity contribution in [2.75, 3.05) is 24.5 Å². The van der Waals surface area contributed by atoms with E-state index in [0.29, 0.717) is 13.1 Å². The second-order valence-corrected chi connectivity index (χ2v) is 8.94. The number of para-hydroxylation sites is 2. The fraction of sp³-hybridized carbons (Fsp3) is 0.346. The van der Waals surface area contributed by atoms with Gasteiger partial charge in [0.25, 0.3) is 0 Å². The number of rotatable bonds is 4. The number of aryl methyl sites for hydroxylation is 1. The number of benzene rings is 2. The molecule has 170 valence electrons. The van der Waals surface area contributed by atoms with Gasteiger partial charge in [0.1, 0.15) is 6.04 Å². The van der Waals surface area contributed by atoms with E-state index in [1.807, 2.05) is 76.9 Å². The number of carbonyl (C=O) groups excluding carboxylic acids is 2. The van der Waals surface area contributed by atoms with Crippen molar-refractivity contribution in [3.05, 3.63) is 77.1 Å². The van der Waals surface area contributed by atoms with Crippen LogP contribution >= 0.6 is 0 Å². The third kappa shape index (κ3) is 3.72. The highest BCUT2D eigenvalue weighted by atomic mass is 16.2. The van der Waals surface area contributed by atoms with E-state index >= 15 is 0 Å². The van der Waals surface area contributed by atoms with Crippen LogP contribution in [0, 0.1) is 13.8 Å². The summed E-state index contributed by atoms with van der Waals surface area (Å²) in [7, 11) is 0. The number of aromatic nitrogens is 2. The molecule has 3 heterocycles. The number of amides is 2. The van der Waals surface area contributed by atoms with E-state index < -0.39 is 6.04 Å². The molecule has 1 N–H and O–H groups in total. The molecular weight excluding hydrogens is 414 g/mol. The van der Waals surface area contributed by atoms with Crippen LogP contribution in [0.5, 0.6) is 0 Å². The molecule has 0 saturated carbocycles. The van der Waals surface area contributed by atoms with Crippen molar-refractivity contribution in [1.82, 2.24) is 20.0 Å². The summed E-state index contributed by atoms with van der Waals surface area (Å²) in [6.07, 6.45) is 0.855. The summed E-state index contributed by atoms with van der Waals surface area (Å²) in [5.41, 5.74) is 5.72. The number of hydrogen-bond donors (Lipinski definition) is 1. The van der Waals surface area contributed by atoms with E-state index in [1.54, 1.807) is 0 Å². The predicted molar refractivity (Wildman–Crippen MR) is 127 cm³/mol. The number of carbonyl (C=O) groups is 2. The van der Waals surface area contributed by atoms with E-state index in [2.05, 4.69) is 18.3 Å². The zero-order valence-electron chi connectivity index (χ0n) is 19.3. The number of hydrogen-bond acceptors (Lipinski definition) is 4. The van der Waals surface area contributed by atoms with Gasteiger partial charge in [-0.05, 0) is 51.0 Å². The van der Waals surface area contributed by atoms with E-state index in [9.17, 15) is 9.59 Å².